The minimum Gasteiger partial charge on any atom is -0.494 e. The zero-order valence-corrected chi connectivity index (χ0v) is 15.2. The van der Waals surface area contributed by atoms with E-state index < -0.39 is 5.92 Å². The number of hydrogen-bond acceptors (Lipinski definition) is 4. The number of hydrogen-bond donors (Lipinski definition) is 1. The highest BCUT2D eigenvalue weighted by Gasteiger charge is 2.27. The SMILES string of the molecule is CCOc1ccc([C@@H](C[N+](=O)[O-])c2c(C)[nH]n(-c3ccccc3)c2=O)cc1. The minimum absolute atomic E-state index is 0.278. The number of aromatic nitrogens is 2. The van der Waals surface area contributed by atoms with E-state index in [1.807, 2.05) is 25.1 Å². The molecule has 27 heavy (non-hydrogen) atoms. The average molecular weight is 367 g/mol. The van der Waals surface area contributed by atoms with Gasteiger partial charge in [-0.15, -0.1) is 0 Å². The Morgan fingerprint density at radius 1 is 1.15 bits per heavy atom. The molecule has 0 saturated heterocycles. The maximum absolute atomic E-state index is 13.0. The predicted octanol–water partition coefficient (Wildman–Crippen LogP) is 3.28. The molecule has 1 heterocycles. The van der Waals surface area contributed by atoms with Gasteiger partial charge in [-0.05, 0) is 43.7 Å². The fourth-order valence-electron chi connectivity index (χ4n) is 3.20. The summed E-state index contributed by atoms with van der Waals surface area (Å²) in [5.74, 6) is 0.0398. The third-order valence-electron chi connectivity index (χ3n) is 4.40. The molecule has 0 aliphatic rings. The van der Waals surface area contributed by atoms with Crippen molar-refractivity contribution >= 4 is 0 Å². The van der Waals surface area contributed by atoms with E-state index in [1.165, 1.54) is 4.68 Å². The van der Waals surface area contributed by atoms with Gasteiger partial charge in [0.2, 0.25) is 6.54 Å². The quantitative estimate of drug-likeness (QED) is 0.512. The molecule has 0 bridgehead atoms. The Labute approximate surface area is 156 Å². The highest BCUT2D eigenvalue weighted by atomic mass is 16.6. The van der Waals surface area contributed by atoms with Gasteiger partial charge in [-0.1, -0.05) is 30.3 Å². The molecule has 0 saturated carbocycles. The largest absolute Gasteiger partial charge is 0.494 e. The molecule has 140 valence electrons. The average Bonchev–Trinajstić information content (AvgIpc) is 2.96. The van der Waals surface area contributed by atoms with Gasteiger partial charge in [0.05, 0.1) is 23.8 Å². The highest BCUT2D eigenvalue weighted by Crippen LogP contribution is 2.27. The summed E-state index contributed by atoms with van der Waals surface area (Å²) in [6.07, 6.45) is 0. The summed E-state index contributed by atoms with van der Waals surface area (Å²) < 4.78 is 6.85. The second-order valence-corrected chi connectivity index (χ2v) is 6.20. The van der Waals surface area contributed by atoms with Crippen molar-refractivity contribution in [2.24, 2.45) is 0 Å². The third kappa shape index (κ3) is 3.92. The highest BCUT2D eigenvalue weighted by molar-refractivity contribution is 5.39. The summed E-state index contributed by atoms with van der Waals surface area (Å²) in [6.45, 7) is 3.82. The molecular formula is C20H21N3O4. The van der Waals surface area contributed by atoms with Crippen molar-refractivity contribution in [1.29, 1.82) is 0 Å². The Morgan fingerprint density at radius 2 is 1.81 bits per heavy atom. The summed E-state index contributed by atoms with van der Waals surface area (Å²) in [6, 6.07) is 16.2. The number of para-hydroxylation sites is 1. The summed E-state index contributed by atoms with van der Waals surface area (Å²) in [4.78, 5) is 23.9. The second-order valence-electron chi connectivity index (χ2n) is 6.20. The third-order valence-corrected chi connectivity index (χ3v) is 4.40. The van der Waals surface area contributed by atoms with Gasteiger partial charge in [-0.3, -0.25) is 20.0 Å². The Balaban J connectivity index is 2.07. The van der Waals surface area contributed by atoms with Crippen LogP contribution < -0.4 is 10.3 Å². The topological polar surface area (TPSA) is 90.2 Å². The molecule has 3 rings (SSSR count). The van der Waals surface area contributed by atoms with Crippen molar-refractivity contribution in [3.8, 4) is 11.4 Å². The van der Waals surface area contributed by atoms with Crippen LogP contribution in [0.2, 0.25) is 0 Å². The lowest BCUT2D eigenvalue weighted by molar-refractivity contribution is -0.481. The van der Waals surface area contributed by atoms with Gasteiger partial charge in [0.1, 0.15) is 5.75 Å². The van der Waals surface area contributed by atoms with Crippen molar-refractivity contribution in [3.63, 3.8) is 0 Å². The standard InChI is InChI=1S/C20H21N3O4/c1-3-27-17-11-9-15(10-12-17)18(13-22(25)26)19-14(2)21-23(20(19)24)16-7-5-4-6-8-16/h4-12,18,21H,3,13H2,1-2H3/t18-/m1/s1. The fourth-order valence-corrected chi connectivity index (χ4v) is 3.20. The Kier molecular flexibility index (Phi) is 5.40. The number of benzene rings is 2. The van der Waals surface area contributed by atoms with Gasteiger partial charge < -0.3 is 4.74 Å². The molecule has 0 aliphatic heterocycles. The van der Waals surface area contributed by atoms with Gasteiger partial charge >= 0.3 is 0 Å². The summed E-state index contributed by atoms with van der Waals surface area (Å²) in [7, 11) is 0. The van der Waals surface area contributed by atoms with Crippen LogP contribution in [-0.4, -0.2) is 27.9 Å². The van der Waals surface area contributed by atoms with Gasteiger partial charge in [-0.25, -0.2) is 4.68 Å². The molecule has 0 spiro atoms. The van der Waals surface area contributed by atoms with Crippen molar-refractivity contribution in [2.75, 3.05) is 13.2 Å². The first-order valence-electron chi connectivity index (χ1n) is 8.72. The zero-order chi connectivity index (χ0) is 19.4. The van der Waals surface area contributed by atoms with Crippen molar-refractivity contribution < 1.29 is 9.66 Å². The van der Waals surface area contributed by atoms with Gasteiger partial charge in [0.25, 0.3) is 5.56 Å². The molecule has 0 radical (unpaired) electrons. The maximum atomic E-state index is 13.0. The zero-order valence-electron chi connectivity index (χ0n) is 15.2. The molecule has 7 heteroatoms. The van der Waals surface area contributed by atoms with Crippen LogP contribution in [0.25, 0.3) is 5.69 Å². The number of nitrogens with one attached hydrogen (secondary N) is 1. The van der Waals surface area contributed by atoms with Crippen molar-refractivity contribution in [2.45, 2.75) is 19.8 Å². The molecule has 1 atom stereocenters. The monoisotopic (exact) mass is 367 g/mol. The first-order valence-corrected chi connectivity index (χ1v) is 8.72. The van der Waals surface area contributed by atoms with E-state index in [2.05, 4.69) is 5.10 Å². The lowest BCUT2D eigenvalue weighted by Gasteiger charge is -2.13. The van der Waals surface area contributed by atoms with E-state index >= 15 is 0 Å². The molecular weight excluding hydrogens is 346 g/mol. The lowest BCUT2D eigenvalue weighted by Crippen LogP contribution is -2.23. The molecule has 0 aliphatic carbocycles. The van der Waals surface area contributed by atoms with Gasteiger partial charge in [-0.2, -0.15) is 0 Å². The maximum Gasteiger partial charge on any atom is 0.275 e. The van der Waals surface area contributed by atoms with E-state index in [4.69, 9.17) is 4.74 Å². The van der Waals surface area contributed by atoms with E-state index in [9.17, 15) is 14.9 Å². The van der Waals surface area contributed by atoms with Crippen LogP contribution in [0.5, 0.6) is 5.75 Å². The molecule has 0 fully saturated rings. The van der Waals surface area contributed by atoms with E-state index in [-0.39, 0.29) is 17.0 Å². The van der Waals surface area contributed by atoms with E-state index in [0.29, 0.717) is 34.9 Å². The number of aryl methyl sites for hydroxylation is 1. The summed E-state index contributed by atoms with van der Waals surface area (Å²) in [5.41, 5.74) is 2.13. The summed E-state index contributed by atoms with van der Waals surface area (Å²) >= 11 is 0. The molecule has 0 amide bonds. The van der Waals surface area contributed by atoms with E-state index in [1.54, 1.807) is 43.3 Å². The number of nitrogens with zero attached hydrogens (tertiary/aromatic N) is 2. The minimum atomic E-state index is -0.649. The van der Waals surface area contributed by atoms with Crippen LogP contribution in [-0.2, 0) is 0 Å². The molecule has 0 unspecified atom stereocenters. The number of nitro groups is 1. The molecule has 1 N–H and O–H groups in total. The van der Waals surface area contributed by atoms with Crippen LogP contribution in [0.4, 0.5) is 0 Å². The van der Waals surface area contributed by atoms with Crippen molar-refractivity contribution in [1.82, 2.24) is 9.78 Å². The van der Waals surface area contributed by atoms with Crippen LogP contribution in [0.1, 0.15) is 29.7 Å². The van der Waals surface area contributed by atoms with Gasteiger partial charge in [0, 0.05) is 10.6 Å². The molecule has 1 aromatic heterocycles. The number of aromatic amines is 1. The molecule has 7 nitrogen and oxygen atoms in total. The Hall–Kier alpha value is -3.35. The normalized spacial score (nSPS) is 11.9. The lowest BCUT2D eigenvalue weighted by atomic mass is 9.91. The van der Waals surface area contributed by atoms with Crippen molar-refractivity contribution in [3.05, 3.63) is 91.9 Å². The van der Waals surface area contributed by atoms with Crippen LogP contribution in [0, 0.1) is 17.0 Å². The first-order chi connectivity index (χ1) is 13.0. The Bertz CT molecular complexity index is 975. The Morgan fingerprint density at radius 3 is 2.41 bits per heavy atom. The smallest absolute Gasteiger partial charge is 0.275 e. The van der Waals surface area contributed by atoms with Gasteiger partial charge in [0.15, 0.2) is 0 Å². The number of H-pyrrole nitrogens is 1. The van der Waals surface area contributed by atoms with Crippen LogP contribution >= 0.6 is 0 Å². The number of rotatable bonds is 7. The fraction of sp³-hybridized carbons (Fsp3) is 0.250. The predicted molar refractivity (Wildman–Crippen MR) is 102 cm³/mol. The first kappa shape index (κ1) is 18.4. The second kappa shape index (κ2) is 7.90. The summed E-state index contributed by atoms with van der Waals surface area (Å²) in [5, 5.41) is 14.3. The van der Waals surface area contributed by atoms with Crippen LogP contribution in [0.15, 0.2) is 59.4 Å². The van der Waals surface area contributed by atoms with E-state index in [0.717, 1.165) is 0 Å². The number of ether oxygens (including phenoxy) is 1. The van der Waals surface area contributed by atoms with Crippen LogP contribution in [0.3, 0.4) is 0 Å². The molecule has 3 aromatic rings. The molecule has 2 aromatic carbocycles.